The molecule has 0 unspecified atom stereocenters. The van der Waals surface area contributed by atoms with Crippen molar-refractivity contribution in [2.75, 3.05) is 27.4 Å². The van der Waals surface area contributed by atoms with Gasteiger partial charge in [0.15, 0.2) is 6.61 Å². The van der Waals surface area contributed by atoms with E-state index in [1.54, 1.807) is 12.0 Å². The van der Waals surface area contributed by atoms with E-state index in [0.717, 1.165) is 22.0 Å². The first-order valence-electron chi connectivity index (χ1n) is 11.5. The molecular formula is C28H28N2O6. The molecule has 4 rings (SSSR count). The highest BCUT2D eigenvalue weighted by atomic mass is 16.5. The van der Waals surface area contributed by atoms with E-state index in [9.17, 15) is 14.7 Å². The smallest absolute Gasteiger partial charge is 0.339 e. The van der Waals surface area contributed by atoms with Gasteiger partial charge in [-0.05, 0) is 47.9 Å². The van der Waals surface area contributed by atoms with E-state index in [-0.39, 0.29) is 23.8 Å². The molecule has 0 bridgehead atoms. The summed E-state index contributed by atoms with van der Waals surface area (Å²) in [7, 11) is 3.08. The van der Waals surface area contributed by atoms with Crippen LogP contribution in [0.4, 0.5) is 0 Å². The molecule has 1 aromatic heterocycles. The van der Waals surface area contributed by atoms with E-state index in [1.165, 1.54) is 25.3 Å². The SMILES string of the molecule is COc1cccc(CN(CCc2c[nH]c3ccccc23)C(=O)COc2cc(OC)ccc2C(=O)O)c1. The number of nitrogens with one attached hydrogen (secondary N) is 1. The van der Waals surface area contributed by atoms with Crippen molar-refractivity contribution in [3.05, 3.63) is 89.6 Å². The molecule has 0 saturated heterocycles. The van der Waals surface area contributed by atoms with Gasteiger partial charge in [0.25, 0.3) is 5.91 Å². The van der Waals surface area contributed by atoms with Gasteiger partial charge in [0.2, 0.25) is 0 Å². The number of carboxylic acid groups (broad SMARTS) is 1. The quantitative estimate of drug-likeness (QED) is 0.322. The molecule has 0 radical (unpaired) electrons. The number of rotatable bonds is 11. The van der Waals surface area contributed by atoms with Gasteiger partial charge in [0, 0.05) is 36.3 Å². The van der Waals surface area contributed by atoms with Crippen molar-refractivity contribution in [1.29, 1.82) is 0 Å². The number of nitrogens with zero attached hydrogens (tertiary/aromatic N) is 1. The number of ether oxygens (including phenoxy) is 3. The molecule has 0 atom stereocenters. The summed E-state index contributed by atoms with van der Waals surface area (Å²) in [6.45, 7) is 0.488. The molecule has 8 nitrogen and oxygen atoms in total. The Hall–Kier alpha value is -4.46. The highest BCUT2D eigenvalue weighted by Gasteiger charge is 2.19. The number of hydrogen-bond acceptors (Lipinski definition) is 5. The third kappa shape index (κ3) is 5.78. The van der Waals surface area contributed by atoms with Gasteiger partial charge in [-0.15, -0.1) is 0 Å². The minimum absolute atomic E-state index is 0.0401. The number of hydrogen-bond donors (Lipinski definition) is 2. The zero-order valence-corrected chi connectivity index (χ0v) is 20.2. The summed E-state index contributed by atoms with van der Waals surface area (Å²) in [6.07, 6.45) is 2.60. The lowest BCUT2D eigenvalue weighted by molar-refractivity contribution is -0.134. The van der Waals surface area contributed by atoms with E-state index in [0.29, 0.717) is 31.0 Å². The summed E-state index contributed by atoms with van der Waals surface area (Å²) in [6, 6.07) is 20.0. The largest absolute Gasteiger partial charge is 0.497 e. The van der Waals surface area contributed by atoms with E-state index >= 15 is 0 Å². The van der Waals surface area contributed by atoms with Crippen molar-refractivity contribution in [2.24, 2.45) is 0 Å². The van der Waals surface area contributed by atoms with Gasteiger partial charge < -0.3 is 29.2 Å². The van der Waals surface area contributed by atoms with Crippen molar-refractivity contribution in [2.45, 2.75) is 13.0 Å². The molecule has 36 heavy (non-hydrogen) atoms. The standard InChI is InChI=1S/C28H28N2O6/c1-34-21-7-5-6-19(14-21)17-30(13-12-20-16-29-25-9-4-3-8-23(20)25)27(31)18-36-26-15-22(35-2)10-11-24(26)28(32)33/h3-11,14-16,29H,12-13,17-18H2,1-2H3,(H,32,33). The van der Waals surface area contributed by atoms with Crippen LogP contribution in [0, 0.1) is 0 Å². The predicted molar refractivity (Wildman–Crippen MR) is 136 cm³/mol. The first kappa shape index (κ1) is 24.7. The van der Waals surface area contributed by atoms with Crippen molar-refractivity contribution in [3.63, 3.8) is 0 Å². The fourth-order valence-electron chi connectivity index (χ4n) is 4.03. The first-order chi connectivity index (χ1) is 17.5. The van der Waals surface area contributed by atoms with Gasteiger partial charge >= 0.3 is 5.97 Å². The van der Waals surface area contributed by atoms with Gasteiger partial charge in [-0.2, -0.15) is 0 Å². The number of aromatic nitrogens is 1. The Balaban J connectivity index is 1.53. The molecule has 4 aromatic rings. The number of carbonyl (C=O) groups excluding carboxylic acids is 1. The van der Waals surface area contributed by atoms with Crippen molar-refractivity contribution >= 4 is 22.8 Å². The van der Waals surface area contributed by atoms with Crippen LogP contribution in [0.15, 0.2) is 72.9 Å². The van der Waals surface area contributed by atoms with Crippen molar-refractivity contribution < 1.29 is 28.9 Å². The number of methoxy groups -OCH3 is 2. The maximum Gasteiger partial charge on any atom is 0.339 e. The molecule has 0 fully saturated rings. The zero-order chi connectivity index (χ0) is 25.5. The lowest BCUT2D eigenvalue weighted by Gasteiger charge is -2.23. The second kappa shape index (κ2) is 11.3. The van der Waals surface area contributed by atoms with Gasteiger partial charge in [-0.25, -0.2) is 4.79 Å². The molecule has 0 aliphatic heterocycles. The summed E-state index contributed by atoms with van der Waals surface area (Å²) in [5.74, 6) is -0.192. The first-order valence-corrected chi connectivity index (χ1v) is 11.5. The Morgan fingerprint density at radius 3 is 2.50 bits per heavy atom. The third-order valence-electron chi connectivity index (χ3n) is 5.96. The Morgan fingerprint density at radius 2 is 1.72 bits per heavy atom. The number of fused-ring (bicyclic) bond motifs is 1. The summed E-state index contributed by atoms with van der Waals surface area (Å²) in [5.41, 5.74) is 3.02. The topological polar surface area (TPSA) is 101 Å². The molecule has 0 aliphatic rings. The van der Waals surface area contributed by atoms with Gasteiger partial charge in [-0.3, -0.25) is 4.79 Å². The predicted octanol–water partition coefficient (Wildman–Crippen LogP) is 4.53. The number of carbonyl (C=O) groups is 2. The number of amides is 1. The fourth-order valence-corrected chi connectivity index (χ4v) is 4.03. The average Bonchev–Trinajstić information content (AvgIpc) is 3.32. The third-order valence-corrected chi connectivity index (χ3v) is 5.96. The van der Waals surface area contributed by atoms with Crippen molar-refractivity contribution in [1.82, 2.24) is 9.88 Å². The number of carboxylic acids is 1. The molecule has 1 amide bonds. The summed E-state index contributed by atoms with van der Waals surface area (Å²) >= 11 is 0. The number of benzene rings is 3. The summed E-state index contributed by atoms with van der Waals surface area (Å²) in [5, 5.41) is 10.6. The monoisotopic (exact) mass is 488 g/mol. The minimum Gasteiger partial charge on any atom is -0.497 e. The lowest BCUT2D eigenvalue weighted by atomic mass is 10.1. The van der Waals surface area contributed by atoms with Crippen LogP contribution in [0.25, 0.3) is 10.9 Å². The molecular weight excluding hydrogens is 460 g/mol. The lowest BCUT2D eigenvalue weighted by Crippen LogP contribution is -2.36. The number of H-pyrrole nitrogens is 1. The van der Waals surface area contributed by atoms with Crippen LogP contribution in [-0.4, -0.2) is 54.2 Å². The number of aromatic carboxylic acids is 1. The normalized spacial score (nSPS) is 10.7. The Bertz CT molecular complexity index is 1360. The molecule has 0 spiro atoms. The van der Waals surface area contributed by atoms with Crippen LogP contribution in [0.1, 0.15) is 21.5 Å². The zero-order valence-electron chi connectivity index (χ0n) is 20.2. The molecule has 3 aromatic carbocycles. The molecule has 0 aliphatic carbocycles. The van der Waals surface area contributed by atoms with Crippen molar-refractivity contribution in [3.8, 4) is 17.2 Å². The summed E-state index contributed by atoms with van der Waals surface area (Å²) in [4.78, 5) is 29.9. The highest BCUT2D eigenvalue weighted by molar-refractivity contribution is 5.91. The highest BCUT2D eigenvalue weighted by Crippen LogP contribution is 2.25. The summed E-state index contributed by atoms with van der Waals surface area (Å²) < 4.78 is 16.2. The minimum atomic E-state index is -1.15. The van der Waals surface area contributed by atoms with E-state index in [2.05, 4.69) is 11.1 Å². The number of aromatic amines is 1. The van der Waals surface area contributed by atoms with Gasteiger partial charge in [-0.1, -0.05) is 30.3 Å². The van der Waals surface area contributed by atoms with E-state index < -0.39 is 5.97 Å². The fraction of sp³-hybridized carbons (Fsp3) is 0.214. The second-order valence-corrected chi connectivity index (χ2v) is 8.23. The van der Waals surface area contributed by atoms with E-state index in [1.807, 2.05) is 48.7 Å². The Labute approximate surface area is 209 Å². The molecule has 186 valence electrons. The second-order valence-electron chi connectivity index (χ2n) is 8.23. The Morgan fingerprint density at radius 1 is 0.944 bits per heavy atom. The average molecular weight is 489 g/mol. The van der Waals surface area contributed by atoms with Crippen LogP contribution in [-0.2, 0) is 17.8 Å². The van der Waals surface area contributed by atoms with Crippen LogP contribution >= 0.6 is 0 Å². The van der Waals surface area contributed by atoms with Gasteiger partial charge in [0.05, 0.1) is 14.2 Å². The maximum absolute atomic E-state index is 13.3. The Kier molecular flexibility index (Phi) is 7.75. The maximum atomic E-state index is 13.3. The van der Waals surface area contributed by atoms with Crippen LogP contribution in [0.3, 0.4) is 0 Å². The van der Waals surface area contributed by atoms with Crippen LogP contribution in [0.2, 0.25) is 0 Å². The van der Waals surface area contributed by atoms with Crippen LogP contribution in [0.5, 0.6) is 17.2 Å². The molecule has 1 heterocycles. The molecule has 8 heteroatoms. The molecule has 2 N–H and O–H groups in total. The molecule has 0 saturated carbocycles. The van der Waals surface area contributed by atoms with Crippen LogP contribution < -0.4 is 14.2 Å². The van der Waals surface area contributed by atoms with Gasteiger partial charge in [0.1, 0.15) is 22.8 Å². The number of para-hydroxylation sites is 1. The van der Waals surface area contributed by atoms with E-state index in [4.69, 9.17) is 14.2 Å².